The first-order chi connectivity index (χ1) is 6.63. The molecule has 0 amide bonds. The molecule has 0 radical (unpaired) electrons. The second-order valence-electron chi connectivity index (χ2n) is 3.52. The molecule has 78 valence electrons. The Morgan fingerprint density at radius 3 is 2.93 bits per heavy atom. The highest BCUT2D eigenvalue weighted by molar-refractivity contribution is 5.97. The van der Waals surface area contributed by atoms with Gasteiger partial charge in [0.2, 0.25) is 0 Å². The van der Waals surface area contributed by atoms with E-state index in [0.29, 0.717) is 18.2 Å². The van der Waals surface area contributed by atoms with Crippen molar-refractivity contribution in [2.24, 2.45) is 7.05 Å². The largest absolute Gasteiger partial charge is 0.307 e. The number of carbonyl (C=O) groups excluding carboxylic acids is 1. The Hall–Kier alpha value is -1.16. The lowest BCUT2D eigenvalue weighted by molar-refractivity contribution is 0.0987. The molecule has 14 heavy (non-hydrogen) atoms. The smallest absolute Gasteiger partial charge is 0.179 e. The summed E-state index contributed by atoms with van der Waals surface area (Å²) in [6.45, 7) is 4.55. The van der Waals surface area contributed by atoms with Gasteiger partial charge in [-0.2, -0.15) is 5.10 Å². The molecule has 1 aromatic rings. The van der Waals surface area contributed by atoms with E-state index in [1.807, 2.05) is 0 Å². The fourth-order valence-electron chi connectivity index (χ4n) is 1.08. The molecule has 1 unspecified atom stereocenters. The first kappa shape index (κ1) is 10.9. The zero-order chi connectivity index (χ0) is 10.6. The van der Waals surface area contributed by atoms with Gasteiger partial charge in [-0.15, -0.1) is 0 Å². The molecule has 1 N–H and O–H groups in total. The third-order valence-electron chi connectivity index (χ3n) is 2.25. The number of aromatic nitrogens is 2. The number of nitrogens with zero attached hydrogens (tertiary/aromatic N) is 2. The summed E-state index contributed by atoms with van der Waals surface area (Å²) in [5, 5.41) is 7.11. The number of carbonyl (C=O) groups is 1. The molecule has 0 saturated heterocycles. The van der Waals surface area contributed by atoms with Gasteiger partial charge in [-0.05, 0) is 13.3 Å². The van der Waals surface area contributed by atoms with Crippen molar-refractivity contribution >= 4 is 5.78 Å². The van der Waals surface area contributed by atoms with Crippen molar-refractivity contribution in [1.29, 1.82) is 0 Å². The molecular formula is C10H17N3O. The van der Waals surface area contributed by atoms with Crippen molar-refractivity contribution in [2.45, 2.75) is 26.3 Å². The predicted octanol–water partition coefficient (Wildman–Crippen LogP) is 0.991. The number of hydrogen-bond acceptors (Lipinski definition) is 3. The second kappa shape index (κ2) is 4.91. The molecular weight excluding hydrogens is 178 g/mol. The highest BCUT2D eigenvalue weighted by Gasteiger charge is 2.08. The maximum atomic E-state index is 11.6. The Morgan fingerprint density at radius 1 is 1.71 bits per heavy atom. The Labute approximate surface area is 84.3 Å². The summed E-state index contributed by atoms with van der Waals surface area (Å²) in [7, 11) is 1.80. The summed E-state index contributed by atoms with van der Waals surface area (Å²) in [6, 6.07) is 0.385. The molecule has 1 rings (SSSR count). The highest BCUT2D eigenvalue weighted by atomic mass is 16.1. The third kappa shape index (κ3) is 2.96. The molecule has 1 aromatic heterocycles. The Balaban J connectivity index is 2.43. The van der Waals surface area contributed by atoms with Crippen LogP contribution in [0.2, 0.25) is 0 Å². The van der Waals surface area contributed by atoms with E-state index in [2.05, 4.69) is 24.3 Å². The minimum atomic E-state index is 0.0957. The summed E-state index contributed by atoms with van der Waals surface area (Å²) in [5.74, 6) is 0.0957. The van der Waals surface area contributed by atoms with E-state index in [4.69, 9.17) is 0 Å². The minimum absolute atomic E-state index is 0.0957. The summed E-state index contributed by atoms with van der Waals surface area (Å²) in [5.41, 5.74) is 0.670. The number of aryl methyl sites for hydroxylation is 1. The zero-order valence-corrected chi connectivity index (χ0v) is 8.95. The Bertz CT molecular complexity index is 306. The molecule has 0 bridgehead atoms. The van der Waals surface area contributed by atoms with Gasteiger partial charge >= 0.3 is 0 Å². The molecule has 0 aliphatic rings. The lowest BCUT2D eigenvalue weighted by Crippen LogP contribution is -2.30. The second-order valence-corrected chi connectivity index (χ2v) is 3.52. The van der Waals surface area contributed by atoms with E-state index in [-0.39, 0.29) is 5.78 Å². The maximum absolute atomic E-state index is 11.6. The molecule has 0 aliphatic carbocycles. The van der Waals surface area contributed by atoms with Crippen molar-refractivity contribution in [1.82, 2.24) is 15.1 Å². The summed E-state index contributed by atoms with van der Waals surface area (Å²) in [6.07, 6.45) is 4.36. The number of rotatable bonds is 5. The lowest BCUT2D eigenvalue weighted by atomic mass is 10.2. The molecule has 4 heteroatoms. The van der Waals surface area contributed by atoms with E-state index in [1.54, 1.807) is 24.1 Å². The van der Waals surface area contributed by atoms with Crippen LogP contribution >= 0.6 is 0 Å². The normalized spacial score (nSPS) is 12.8. The van der Waals surface area contributed by atoms with Gasteiger partial charge in [-0.1, -0.05) is 6.92 Å². The molecule has 1 heterocycles. The van der Waals surface area contributed by atoms with Crippen LogP contribution < -0.4 is 5.32 Å². The number of hydrogen-bond donors (Lipinski definition) is 1. The standard InChI is InChI=1S/C10H17N3O/c1-4-8(2)11-6-10(14)9-5-12-13(3)7-9/h5,7-8,11H,4,6H2,1-3H3. The first-order valence-electron chi connectivity index (χ1n) is 4.88. The van der Waals surface area contributed by atoms with Gasteiger partial charge in [0.1, 0.15) is 0 Å². The van der Waals surface area contributed by atoms with Crippen LogP contribution in [0.1, 0.15) is 30.6 Å². The molecule has 0 aromatic carbocycles. The van der Waals surface area contributed by atoms with Gasteiger partial charge < -0.3 is 5.32 Å². The van der Waals surface area contributed by atoms with Crippen molar-refractivity contribution < 1.29 is 4.79 Å². The highest BCUT2D eigenvalue weighted by Crippen LogP contribution is 1.97. The molecule has 0 spiro atoms. The number of ketones is 1. The van der Waals surface area contributed by atoms with Crippen LogP contribution in [0.5, 0.6) is 0 Å². The van der Waals surface area contributed by atoms with E-state index in [1.165, 1.54) is 0 Å². The first-order valence-corrected chi connectivity index (χ1v) is 4.88. The van der Waals surface area contributed by atoms with Crippen LogP contribution in [-0.2, 0) is 7.05 Å². The fourth-order valence-corrected chi connectivity index (χ4v) is 1.08. The van der Waals surface area contributed by atoms with Crippen molar-refractivity contribution in [2.75, 3.05) is 6.54 Å². The van der Waals surface area contributed by atoms with Crippen molar-refractivity contribution in [3.8, 4) is 0 Å². The summed E-state index contributed by atoms with van der Waals surface area (Å²) < 4.78 is 1.64. The monoisotopic (exact) mass is 195 g/mol. The zero-order valence-electron chi connectivity index (χ0n) is 8.95. The van der Waals surface area contributed by atoms with Gasteiger partial charge in [0.15, 0.2) is 5.78 Å². The van der Waals surface area contributed by atoms with Crippen LogP contribution in [-0.4, -0.2) is 28.2 Å². The summed E-state index contributed by atoms with van der Waals surface area (Å²) in [4.78, 5) is 11.6. The number of Topliss-reactive ketones (excluding diaryl/α,β-unsaturated/α-hetero) is 1. The molecule has 0 aliphatic heterocycles. The Morgan fingerprint density at radius 2 is 2.43 bits per heavy atom. The SMILES string of the molecule is CCC(C)NCC(=O)c1cnn(C)c1. The minimum Gasteiger partial charge on any atom is -0.307 e. The van der Waals surface area contributed by atoms with Gasteiger partial charge in [0.25, 0.3) is 0 Å². The van der Waals surface area contributed by atoms with Gasteiger partial charge in [0.05, 0.1) is 18.3 Å². The van der Waals surface area contributed by atoms with Crippen LogP contribution in [0.25, 0.3) is 0 Å². The van der Waals surface area contributed by atoms with Crippen LogP contribution in [0.15, 0.2) is 12.4 Å². The van der Waals surface area contributed by atoms with Crippen LogP contribution in [0, 0.1) is 0 Å². The summed E-state index contributed by atoms with van der Waals surface area (Å²) >= 11 is 0. The number of nitrogens with one attached hydrogen (secondary N) is 1. The average molecular weight is 195 g/mol. The fraction of sp³-hybridized carbons (Fsp3) is 0.600. The third-order valence-corrected chi connectivity index (χ3v) is 2.25. The Kier molecular flexibility index (Phi) is 3.83. The molecule has 0 fully saturated rings. The van der Waals surface area contributed by atoms with E-state index in [0.717, 1.165) is 6.42 Å². The van der Waals surface area contributed by atoms with Gasteiger partial charge in [0, 0.05) is 19.3 Å². The maximum Gasteiger partial charge on any atom is 0.179 e. The van der Waals surface area contributed by atoms with E-state index < -0.39 is 0 Å². The molecule has 0 saturated carbocycles. The quantitative estimate of drug-likeness (QED) is 0.713. The van der Waals surface area contributed by atoms with E-state index in [9.17, 15) is 4.79 Å². The van der Waals surface area contributed by atoms with Crippen LogP contribution in [0.4, 0.5) is 0 Å². The predicted molar refractivity (Wildman–Crippen MR) is 55.3 cm³/mol. The lowest BCUT2D eigenvalue weighted by Gasteiger charge is -2.09. The van der Waals surface area contributed by atoms with Crippen molar-refractivity contribution in [3.05, 3.63) is 18.0 Å². The molecule has 4 nitrogen and oxygen atoms in total. The van der Waals surface area contributed by atoms with E-state index >= 15 is 0 Å². The van der Waals surface area contributed by atoms with Gasteiger partial charge in [-0.25, -0.2) is 0 Å². The van der Waals surface area contributed by atoms with Crippen molar-refractivity contribution in [3.63, 3.8) is 0 Å². The van der Waals surface area contributed by atoms with Gasteiger partial charge in [-0.3, -0.25) is 9.48 Å². The topological polar surface area (TPSA) is 46.9 Å². The average Bonchev–Trinajstić information content (AvgIpc) is 2.60. The van der Waals surface area contributed by atoms with Crippen LogP contribution in [0.3, 0.4) is 0 Å². The molecule has 1 atom stereocenters.